The Balaban J connectivity index is 3.25. The van der Waals surface area contributed by atoms with Crippen LogP contribution in [-0.4, -0.2) is 18.1 Å². The van der Waals surface area contributed by atoms with Crippen LogP contribution in [0.3, 0.4) is 0 Å². The van der Waals surface area contributed by atoms with Crippen molar-refractivity contribution in [2.24, 2.45) is 5.11 Å². The third-order valence-corrected chi connectivity index (χ3v) is 2.90. The maximum absolute atomic E-state index is 7.93. The molecule has 1 atom stereocenters. The summed E-state index contributed by atoms with van der Waals surface area (Å²) in [6.07, 6.45) is 2.01. The van der Waals surface area contributed by atoms with Crippen molar-refractivity contribution in [3.63, 3.8) is 0 Å². The van der Waals surface area contributed by atoms with E-state index in [0.717, 1.165) is 0 Å². The second-order valence-corrected chi connectivity index (χ2v) is 4.39. The summed E-state index contributed by atoms with van der Waals surface area (Å²) in [7, 11) is 3.42. The summed E-state index contributed by atoms with van der Waals surface area (Å²) >= 11 is 0. The van der Waals surface area contributed by atoms with Crippen LogP contribution in [0.5, 0.6) is 0 Å². The van der Waals surface area contributed by atoms with Crippen LogP contribution >= 0.6 is 21.6 Å². The lowest BCUT2D eigenvalue weighted by Gasteiger charge is -2.01. The molecule has 0 bridgehead atoms. The summed E-state index contributed by atoms with van der Waals surface area (Å²) < 4.78 is 0. The van der Waals surface area contributed by atoms with Crippen LogP contribution < -0.4 is 0 Å². The van der Waals surface area contributed by atoms with Crippen molar-refractivity contribution in [1.29, 1.82) is 0 Å². The van der Waals surface area contributed by atoms with Crippen molar-refractivity contribution in [1.82, 2.24) is 0 Å². The summed E-state index contributed by atoms with van der Waals surface area (Å²) in [5.74, 6) is 0. The minimum Gasteiger partial charge on any atom is -0.0973 e. The third kappa shape index (κ3) is 5.89. The van der Waals surface area contributed by atoms with Gasteiger partial charge in [-0.05, 0) is 11.8 Å². The lowest BCUT2D eigenvalue weighted by Crippen LogP contribution is -1.96. The van der Waals surface area contributed by atoms with Gasteiger partial charge in [-0.2, -0.15) is 0 Å². The minimum absolute atomic E-state index is 0.427. The van der Waals surface area contributed by atoms with E-state index in [1.54, 1.807) is 21.6 Å². The summed E-state index contributed by atoms with van der Waals surface area (Å²) in [4.78, 5) is 2.66. The van der Waals surface area contributed by atoms with Gasteiger partial charge in [0.25, 0.3) is 0 Å². The summed E-state index contributed by atoms with van der Waals surface area (Å²) in [5, 5.41) is 3.86. The Morgan fingerprint density at radius 1 is 1.78 bits per heavy atom. The van der Waals surface area contributed by atoms with Crippen LogP contribution in [0.25, 0.3) is 10.4 Å². The van der Waals surface area contributed by atoms with Gasteiger partial charge in [0.15, 0.2) is 0 Å². The number of azide groups is 1. The SMILES string of the molecule is CSSC(C)CN=[N+]=[N-]. The van der Waals surface area contributed by atoms with Crippen molar-refractivity contribution in [3.8, 4) is 0 Å². The highest BCUT2D eigenvalue weighted by Crippen LogP contribution is 2.22. The molecule has 52 valence electrons. The van der Waals surface area contributed by atoms with Crippen LogP contribution in [0.2, 0.25) is 0 Å². The summed E-state index contributed by atoms with van der Waals surface area (Å²) in [6.45, 7) is 2.62. The first kappa shape index (κ1) is 9.01. The molecule has 3 nitrogen and oxygen atoms in total. The highest BCUT2D eigenvalue weighted by molar-refractivity contribution is 8.76. The highest BCUT2D eigenvalue weighted by Gasteiger charge is 1.97. The Morgan fingerprint density at radius 3 is 2.89 bits per heavy atom. The number of rotatable bonds is 4. The molecule has 9 heavy (non-hydrogen) atoms. The van der Waals surface area contributed by atoms with Crippen molar-refractivity contribution in [2.75, 3.05) is 12.8 Å². The van der Waals surface area contributed by atoms with Crippen LogP contribution in [0.15, 0.2) is 5.11 Å². The van der Waals surface area contributed by atoms with E-state index in [9.17, 15) is 0 Å². The zero-order valence-electron chi connectivity index (χ0n) is 5.44. The molecule has 0 heterocycles. The normalized spacial score (nSPS) is 12.2. The quantitative estimate of drug-likeness (QED) is 0.277. The second kappa shape index (κ2) is 6.13. The average Bonchev–Trinajstić information content (AvgIpc) is 1.85. The van der Waals surface area contributed by atoms with Gasteiger partial charge in [-0.1, -0.05) is 33.6 Å². The van der Waals surface area contributed by atoms with E-state index in [1.165, 1.54) is 0 Å². The van der Waals surface area contributed by atoms with Gasteiger partial charge >= 0.3 is 0 Å². The molecule has 0 aliphatic heterocycles. The maximum Gasteiger partial charge on any atom is 0.0382 e. The average molecular weight is 163 g/mol. The first-order valence-corrected chi connectivity index (χ1v) is 5.13. The van der Waals surface area contributed by atoms with Crippen molar-refractivity contribution in [2.45, 2.75) is 12.2 Å². The topological polar surface area (TPSA) is 48.8 Å². The second-order valence-electron chi connectivity index (χ2n) is 1.49. The van der Waals surface area contributed by atoms with Crippen LogP contribution in [0.1, 0.15) is 6.92 Å². The molecule has 0 saturated carbocycles. The molecule has 0 aromatic carbocycles. The fourth-order valence-electron chi connectivity index (χ4n) is 0.346. The lowest BCUT2D eigenvalue weighted by atomic mass is 10.5. The summed E-state index contributed by atoms with van der Waals surface area (Å²) in [5.41, 5.74) is 7.93. The van der Waals surface area contributed by atoms with E-state index in [0.29, 0.717) is 11.8 Å². The molecule has 0 rings (SSSR count). The maximum atomic E-state index is 7.93. The molecule has 0 aromatic heterocycles. The van der Waals surface area contributed by atoms with E-state index in [1.807, 2.05) is 13.2 Å². The van der Waals surface area contributed by atoms with Gasteiger partial charge in [0.1, 0.15) is 0 Å². The zero-order chi connectivity index (χ0) is 7.11. The first-order valence-electron chi connectivity index (χ1n) is 2.51. The van der Waals surface area contributed by atoms with Gasteiger partial charge in [0, 0.05) is 16.7 Å². The number of nitrogens with zero attached hydrogens (tertiary/aromatic N) is 3. The molecule has 0 spiro atoms. The van der Waals surface area contributed by atoms with E-state index in [4.69, 9.17) is 5.53 Å². The molecule has 0 radical (unpaired) electrons. The molecule has 0 saturated heterocycles. The Morgan fingerprint density at radius 2 is 2.44 bits per heavy atom. The first-order chi connectivity index (χ1) is 4.31. The van der Waals surface area contributed by atoms with Crippen molar-refractivity contribution < 1.29 is 0 Å². The molecule has 0 aromatic rings. The fourth-order valence-corrected chi connectivity index (χ4v) is 1.97. The predicted octanol–water partition coefficient (Wildman–Crippen LogP) is 2.70. The Kier molecular flexibility index (Phi) is 6.14. The molecule has 0 aliphatic carbocycles. The Bertz CT molecular complexity index is 110. The highest BCUT2D eigenvalue weighted by atomic mass is 33.1. The monoisotopic (exact) mass is 163 g/mol. The predicted molar refractivity (Wildman–Crippen MR) is 44.6 cm³/mol. The molecular formula is C4H9N3S2. The zero-order valence-corrected chi connectivity index (χ0v) is 7.08. The molecule has 0 N–H and O–H groups in total. The van der Waals surface area contributed by atoms with E-state index < -0.39 is 0 Å². The van der Waals surface area contributed by atoms with E-state index >= 15 is 0 Å². The largest absolute Gasteiger partial charge is 0.0973 e. The van der Waals surface area contributed by atoms with E-state index in [2.05, 4.69) is 10.0 Å². The number of hydrogen-bond acceptors (Lipinski definition) is 3. The molecule has 0 aliphatic rings. The molecule has 0 fully saturated rings. The van der Waals surface area contributed by atoms with Crippen LogP contribution in [-0.2, 0) is 0 Å². The number of hydrogen-bond donors (Lipinski definition) is 0. The third-order valence-electron chi connectivity index (χ3n) is 0.662. The van der Waals surface area contributed by atoms with Gasteiger partial charge in [-0.25, -0.2) is 0 Å². The smallest absolute Gasteiger partial charge is 0.0382 e. The molecule has 0 amide bonds. The van der Waals surface area contributed by atoms with Gasteiger partial charge in [0.05, 0.1) is 0 Å². The Hall–Kier alpha value is 0.01000. The molecule has 5 heteroatoms. The van der Waals surface area contributed by atoms with Crippen molar-refractivity contribution >= 4 is 21.6 Å². The summed E-state index contributed by atoms with van der Waals surface area (Å²) in [6, 6.07) is 0. The Labute approximate surface area is 62.6 Å². The lowest BCUT2D eigenvalue weighted by molar-refractivity contribution is 0.946. The van der Waals surface area contributed by atoms with Gasteiger partial charge in [0.2, 0.25) is 0 Å². The van der Waals surface area contributed by atoms with Crippen LogP contribution in [0.4, 0.5) is 0 Å². The molecule has 1 unspecified atom stereocenters. The molecular weight excluding hydrogens is 154 g/mol. The van der Waals surface area contributed by atoms with Crippen LogP contribution in [0, 0.1) is 0 Å². The minimum atomic E-state index is 0.427. The van der Waals surface area contributed by atoms with Gasteiger partial charge < -0.3 is 0 Å². The van der Waals surface area contributed by atoms with Crippen molar-refractivity contribution in [3.05, 3.63) is 10.4 Å². The standard InChI is InChI=1S/C4H9N3S2/c1-4(9-8-2)3-6-7-5/h4H,3H2,1-2H3. The fraction of sp³-hybridized carbons (Fsp3) is 1.00. The van der Waals surface area contributed by atoms with Gasteiger partial charge in [-0.15, -0.1) is 0 Å². The van der Waals surface area contributed by atoms with Gasteiger partial charge in [-0.3, -0.25) is 0 Å². The van der Waals surface area contributed by atoms with E-state index in [-0.39, 0.29) is 0 Å².